The molecule has 34 heavy (non-hydrogen) atoms. The van der Waals surface area contributed by atoms with Crippen molar-refractivity contribution in [2.75, 3.05) is 6.61 Å². The highest BCUT2D eigenvalue weighted by atomic mass is 16.5. The van der Waals surface area contributed by atoms with E-state index in [1.807, 2.05) is 32.0 Å². The highest BCUT2D eigenvalue weighted by Crippen LogP contribution is 2.34. The smallest absolute Gasteiger partial charge is 0.307 e. The third-order valence-electron chi connectivity index (χ3n) is 5.39. The maximum atomic E-state index is 11.6. The molecule has 4 aromatic rings. The molecule has 0 fully saturated rings. The lowest BCUT2D eigenvalue weighted by molar-refractivity contribution is -0.143. The maximum Gasteiger partial charge on any atom is 0.307 e. The van der Waals surface area contributed by atoms with Crippen molar-refractivity contribution in [3.05, 3.63) is 54.0 Å². The zero-order valence-corrected chi connectivity index (χ0v) is 19.3. The molecule has 4 rings (SSSR count). The van der Waals surface area contributed by atoms with Crippen molar-refractivity contribution in [2.45, 2.75) is 46.3 Å². The average Bonchev–Trinajstić information content (AvgIpc) is 3.50. The summed E-state index contributed by atoms with van der Waals surface area (Å²) in [6.07, 6.45) is 2.86. The fraction of sp³-hybridized carbons (Fsp3) is 0.320. The topological polar surface area (TPSA) is 96.6 Å². The van der Waals surface area contributed by atoms with Gasteiger partial charge in [-0.25, -0.2) is 4.85 Å². The van der Waals surface area contributed by atoms with Gasteiger partial charge in [0.1, 0.15) is 5.75 Å². The van der Waals surface area contributed by atoms with Gasteiger partial charge in [-0.3, -0.25) is 9.48 Å². The first-order valence-electron chi connectivity index (χ1n) is 11.2. The van der Waals surface area contributed by atoms with Gasteiger partial charge in [0.05, 0.1) is 44.0 Å². The van der Waals surface area contributed by atoms with Crippen LogP contribution in [0.15, 0.2) is 47.1 Å². The number of ether oxygens (including phenoxy) is 2. The number of carbonyl (C=O) groups excluding carboxylic acids is 1. The lowest BCUT2D eigenvalue weighted by Gasteiger charge is -2.14. The third kappa shape index (κ3) is 4.91. The average molecular weight is 460 g/mol. The van der Waals surface area contributed by atoms with Crippen LogP contribution in [0.2, 0.25) is 0 Å². The Hall–Kier alpha value is -4.19. The molecule has 0 bridgehead atoms. The summed E-state index contributed by atoms with van der Waals surface area (Å²) in [4.78, 5) is 19.7. The second kappa shape index (κ2) is 10.2. The van der Waals surface area contributed by atoms with Gasteiger partial charge in [0.2, 0.25) is 11.5 Å². The summed E-state index contributed by atoms with van der Waals surface area (Å²) < 4.78 is 18.0. The monoisotopic (exact) mass is 459 g/mol. The van der Waals surface area contributed by atoms with E-state index in [4.69, 9.17) is 20.6 Å². The quantitative estimate of drug-likeness (QED) is 0.243. The summed E-state index contributed by atoms with van der Waals surface area (Å²) >= 11 is 0. The summed E-state index contributed by atoms with van der Waals surface area (Å²) in [6, 6.07) is 11.0. The van der Waals surface area contributed by atoms with Gasteiger partial charge in [-0.2, -0.15) is 10.1 Å². The molecule has 1 atom stereocenters. The minimum atomic E-state index is -0.247. The molecule has 0 aliphatic heterocycles. The fourth-order valence-electron chi connectivity index (χ4n) is 3.43. The number of nitrogens with zero attached hydrogens (tertiary/aromatic N) is 5. The van der Waals surface area contributed by atoms with E-state index in [1.54, 1.807) is 36.0 Å². The number of esters is 1. The zero-order valence-electron chi connectivity index (χ0n) is 19.3. The fourth-order valence-corrected chi connectivity index (χ4v) is 3.43. The van der Waals surface area contributed by atoms with E-state index in [2.05, 4.69) is 20.1 Å². The minimum Gasteiger partial charge on any atom is -0.502 e. The summed E-state index contributed by atoms with van der Waals surface area (Å²) in [6.45, 7) is 14.1. The van der Waals surface area contributed by atoms with Gasteiger partial charge in [-0.05, 0) is 56.7 Å². The first kappa shape index (κ1) is 23.0. The molecule has 2 heterocycles. The van der Waals surface area contributed by atoms with E-state index in [0.29, 0.717) is 41.9 Å². The molecule has 0 aliphatic rings. The first-order valence-corrected chi connectivity index (χ1v) is 11.2. The van der Waals surface area contributed by atoms with E-state index >= 15 is 0 Å². The lowest BCUT2D eigenvalue weighted by atomic mass is 10.1. The number of aromatic nitrogens is 4. The molecule has 0 unspecified atom stereocenters. The zero-order chi connectivity index (χ0) is 24.1. The van der Waals surface area contributed by atoms with Crippen molar-refractivity contribution in [1.29, 1.82) is 0 Å². The number of benzene rings is 2. The van der Waals surface area contributed by atoms with Gasteiger partial charge >= 0.3 is 5.97 Å². The predicted molar refractivity (Wildman–Crippen MR) is 126 cm³/mol. The molecular formula is C25H25N5O4. The highest BCUT2D eigenvalue weighted by Gasteiger charge is 2.15. The van der Waals surface area contributed by atoms with Gasteiger partial charge in [0.25, 0.3) is 5.89 Å². The van der Waals surface area contributed by atoms with E-state index in [9.17, 15) is 4.79 Å². The van der Waals surface area contributed by atoms with Gasteiger partial charge in [-0.15, -0.1) is 0 Å². The number of aryl methyl sites for hydroxylation is 1. The van der Waals surface area contributed by atoms with Crippen molar-refractivity contribution in [1.82, 2.24) is 19.9 Å². The molecule has 2 aromatic heterocycles. The number of hydrogen-bond donors (Lipinski definition) is 0. The molecule has 0 aliphatic carbocycles. The molecular weight excluding hydrogens is 434 g/mol. The minimum absolute atomic E-state index is 0.0193. The largest absolute Gasteiger partial charge is 0.502 e. The van der Waals surface area contributed by atoms with Crippen LogP contribution in [0.25, 0.3) is 38.6 Å². The molecule has 0 saturated heterocycles. The van der Waals surface area contributed by atoms with E-state index in [1.165, 1.54) is 0 Å². The Kier molecular flexibility index (Phi) is 6.87. The van der Waals surface area contributed by atoms with Crippen LogP contribution in [0.3, 0.4) is 0 Å². The molecule has 2 aromatic carbocycles. The Morgan fingerprint density at radius 2 is 2.03 bits per heavy atom. The van der Waals surface area contributed by atoms with Crippen LogP contribution in [-0.2, 0) is 16.1 Å². The molecule has 9 nitrogen and oxygen atoms in total. The predicted octanol–water partition coefficient (Wildman–Crippen LogP) is 5.43. The van der Waals surface area contributed by atoms with Crippen molar-refractivity contribution >= 4 is 22.6 Å². The Bertz CT molecular complexity index is 1350. The molecule has 0 spiro atoms. The summed E-state index contributed by atoms with van der Waals surface area (Å²) in [5.74, 6) is 1.04. The van der Waals surface area contributed by atoms with Crippen molar-refractivity contribution in [3.63, 3.8) is 0 Å². The van der Waals surface area contributed by atoms with Crippen molar-refractivity contribution < 1.29 is 18.8 Å². The third-order valence-corrected chi connectivity index (χ3v) is 5.39. The molecule has 0 N–H and O–H groups in total. The standard InChI is InChI=1S/C25H25N5O4/c1-5-16(3)33-22-10-8-18(14-20(22)26-4)25-28-24(29-34-25)17-7-9-21-19(13-17)15-27-30(21)12-11-23(31)32-6-2/h7-10,13-16H,5-6,11-12H2,1-3H3/t16-/m0/s1. The van der Waals surface area contributed by atoms with Crippen LogP contribution < -0.4 is 4.74 Å². The molecule has 0 radical (unpaired) electrons. The Labute approximate surface area is 197 Å². The van der Waals surface area contributed by atoms with Crippen LogP contribution in [0.1, 0.15) is 33.6 Å². The van der Waals surface area contributed by atoms with Crippen LogP contribution in [0.5, 0.6) is 5.75 Å². The summed E-state index contributed by atoms with van der Waals surface area (Å²) in [5, 5.41) is 9.38. The second-order valence-corrected chi connectivity index (χ2v) is 7.75. The molecule has 9 heteroatoms. The Morgan fingerprint density at radius 3 is 2.79 bits per heavy atom. The number of hydrogen-bond acceptors (Lipinski definition) is 7. The molecule has 0 amide bonds. The Morgan fingerprint density at radius 1 is 1.21 bits per heavy atom. The summed E-state index contributed by atoms with van der Waals surface area (Å²) in [7, 11) is 0. The molecule has 0 saturated carbocycles. The van der Waals surface area contributed by atoms with E-state index < -0.39 is 0 Å². The van der Waals surface area contributed by atoms with Crippen LogP contribution >= 0.6 is 0 Å². The molecule has 174 valence electrons. The van der Waals surface area contributed by atoms with Crippen molar-refractivity contribution in [2.24, 2.45) is 0 Å². The number of rotatable bonds is 9. The van der Waals surface area contributed by atoms with E-state index in [-0.39, 0.29) is 18.5 Å². The van der Waals surface area contributed by atoms with E-state index in [0.717, 1.165) is 22.9 Å². The normalized spacial score (nSPS) is 11.8. The van der Waals surface area contributed by atoms with Gasteiger partial charge in [0, 0.05) is 16.5 Å². The number of carbonyl (C=O) groups is 1. The Balaban J connectivity index is 1.54. The number of fused-ring (bicyclic) bond motifs is 1. The summed E-state index contributed by atoms with van der Waals surface area (Å²) in [5.41, 5.74) is 2.72. The van der Waals surface area contributed by atoms with Gasteiger partial charge < -0.3 is 14.0 Å². The first-order chi connectivity index (χ1) is 16.5. The maximum absolute atomic E-state index is 11.6. The van der Waals surface area contributed by atoms with Crippen LogP contribution in [0, 0.1) is 6.57 Å². The highest BCUT2D eigenvalue weighted by molar-refractivity contribution is 5.83. The lowest BCUT2D eigenvalue weighted by Crippen LogP contribution is -2.09. The van der Waals surface area contributed by atoms with Crippen LogP contribution in [-0.4, -0.2) is 38.6 Å². The van der Waals surface area contributed by atoms with Gasteiger partial charge in [-0.1, -0.05) is 12.1 Å². The SMILES string of the molecule is [C-]#[N+]c1cc(-c2nc(-c3ccc4c(cnn4CCC(=O)OCC)c3)no2)ccc1O[C@@H](C)CC. The van der Waals surface area contributed by atoms with Crippen molar-refractivity contribution in [3.8, 4) is 28.6 Å². The van der Waals surface area contributed by atoms with Gasteiger partial charge in [0.15, 0.2) is 0 Å². The second-order valence-electron chi connectivity index (χ2n) is 7.75. The van der Waals surface area contributed by atoms with Crippen LogP contribution in [0.4, 0.5) is 5.69 Å².